The van der Waals surface area contributed by atoms with E-state index in [1.54, 1.807) is 0 Å². The summed E-state index contributed by atoms with van der Waals surface area (Å²) < 4.78 is 0.926. The second kappa shape index (κ2) is 4.97. The fourth-order valence-corrected chi connectivity index (χ4v) is 2.33. The average molecular weight is 283 g/mol. The Labute approximate surface area is 104 Å². The zero-order chi connectivity index (χ0) is 11.5. The molecule has 0 saturated carbocycles. The fraction of sp³-hybridized carbons (Fsp3) is 0.417. The molecule has 86 valence electrons. The van der Waals surface area contributed by atoms with Gasteiger partial charge in [0.15, 0.2) is 0 Å². The number of benzene rings is 1. The molecule has 16 heavy (non-hydrogen) atoms. The van der Waals surface area contributed by atoms with Gasteiger partial charge in [0.2, 0.25) is 5.91 Å². The summed E-state index contributed by atoms with van der Waals surface area (Å²) in [6, 6.07) is 7.68. The standard InChI is InChI=1S/C12H15BrN2O/c1-15-7-6-9(8-15)12(16)14-11-5-3-2-4-10(11)13/h2-5,9H,6-8H2,1H3,(H,14,16). The van der Waals surface area contributed by atoms with E-state index in [0.717, 1.165) is 29.7 Å². The van der Waals surface area contributed by atoms with Gasteiger partial charge < -0.3 is 10.2 Å². The zero-order valence-electron chi connectivity index (χ0n) is 9.24. The van der Waals surface area contributed by atoms with E-state index in [-0.39, 0.29) is 11.8 Å². The Hall–Kier alpha value is -0.870. The van der Waals surface area contributed by atoms with Gasteiger partial charge in [-0.2, -0.15) is 0 Å². The van der Waals surface area contributed by atoms with Gasteiger partial charge in [-0.05, 0) is 48.1 Å². The summed E-state index contributed by atoms with van der Waals surface area (Å²) in [6.07, 6.45) is 0.951. The van der Waals surface area contributed by atoms with Crippen molar-refractivity contribution in [1.82, 2.24) is 4.90 Å². The van der Waals surface area contributed by atoms with Gasteiger partial charge in [-0.25, -0.2) is 0 Å². The number of nitrogens with zero attached hydrogens (tertiary/aromatic N) is 1. The van der Waals surface area contributed by atoms with Crippen LogP contribution in [0.2, 0.25) is 0 Å². The number of carbonyl (C=O) groups is 1. The fourth-order valence-electron chi connectivity index (χ4n) is 1.95. The van der Waals surface area contributed by atoms with Gasteiger partial charge in [0, 0.05) is 11.0 Å². The number of halogens is 1. The first-order valence-electron chi connectivity index (χ1n) is 5.41. The second-order valence-electron chi connectivity index (χ2n) is 4.22. The van der Waals surface area contributed by atoms with E-state index in [2.05, 4.69) is 26.1 Å². The summed E-state index contributed by atoms with van der Waals surface area (Å²) >= 11 is 3.42. The van der Waals surface area contributed by atoms with E-state index in [1.165, 1.54) is 0 Å². The maximum atomic E-state index is 12.0. The largest absolute Gasteiger partial charge is 0.325 e. The van der Waals surface area contributed by atoms with Crippen molar-refractivity contribution in [3.63, 3.8) is 0 Å². The van der Waals surface area contributed by atoms with E-state index in [9.17, 15) is 4.79 Å². The molecule has 1 amide bonds. The summed E-state index contributed by atoms with van der Waals surface area (Å²) in [6.45, 7) is 1.87. The highest BCUT2D eigenvalue weighted by Gasteiger charge is 2.26. The van der Waals surface area contributed by atoms with Gasteiger partial charge in [0.05, 0.1) is 11.6 Å². The molecular formula is C12H15BrN2O. The molecule has 2 rings (SSSR count). The molecule has 0 spiro atoms. The monoisotopic (exact) mass is 282 g/mol. The Morgan fingerprint density at radius 1 is 1.50 bits per heavy atom. The predicted octanol–water partition coefficient (Wildman–Crippen LogP) is 2.34. The summed E-state index contributed by atoms with van der Waals surface area (Å²) in [5.41, 5.74) is 0.849. The van der Waals surface area contributed by atoms with E-state index in [4.69, 9.17) is 0 Å². The number of likely N-dealkylation sites (tertiary alicyclic amines) is 1. The topological polar surface area (TPSA) is 32.3 Å². The molecule has 1 heterocycles. The molecule has 4 heteroatoms. The third-order valence-corrected chi connectivity index (χ3v) is 3.59. The Morgan fingerprint density at radius 3 is 2.88 bits per heavy atom. The molecule has 1 aromatic rings. The smallest absolute Gasteiger partial charge is 0.228 e. The quantitative estimate of drug-likeness (QED) is 0.903. The number of nitrogens with one attached hydrogen (secondary N) is 1. The lowest BCUT2D eigenvalue weighted by molar-refractivity contribution is -0.119. The van der Waals surface area contributed by atoms with Crippen LogP contribution in [0.1, 0.15) is 6.42 Å². The molecule has 0 aromatic heterocycles. The Kier molecular flexibility index (Phi) is 3.61. The van der Waals surface area contributed by atoms with Crippen molar-refractivity contribution < 1.29 is 4.79 Å². The van der Waals surface area contributed by atoms with E-state index in [0.29, 0.717) is 0 Å². The maximum absolute atomic E-state index is 12.0. The number of anilines is 1. The highest BCUT2D eigenvalue weighted by Crippen LogP contribution is 2.23. The second-order valence-corrected chi connectivity index (χ2v) is 5.07. The van der Waals surface area contributed by atoms with E-state index >= 15 is 0 Å². The first-order chi connectivity index (χ1) is 7.66. The minimum Gasteiger partial charge on any atom is -0.325 e. The summed E-state index contributed by atoms with van der Waals surface area (Å²) in [5.74, 6) is 0.244. The lowest BCUT2D eigenvalue weighted by atomic mass is 10.1. The van der Waals surface area contributed by atoms with Crippen molar-refractivity contribution in [2.75, 3.05) is 25.5 Å². The molecular weight excluding hydrogens is 268 g/mol. The van der Waals surface area contributed by atoms with Crippen LogP contribution in [0.25, 0.3) is 0 Å². The summed E-state index contributed by atoms with van der Waals surface area (Å²) in [4.78, 5) is 14.1. The third-order valence-electron chi connectivity index (χ3n) is 2.89. The van der Waals surface area contributed by atoms with Crippen LogP contribution in [0, 0.1) is 5.92 Å². The Balaban J connectivity index is 2.00. The lowest BCUT2D eigenvalue weighted by Crippen LogP contribution is -2.25. The van der Waals surface area contributed by atoms with Gasteiger partial charge in [-0.1, -0.05) is 12.1 Å². The van der Waals surface area contributed by atoms with Crippen LogP contribution in [-0.2, 0) is 4.79 Å². The minimum absolute atomic E-state index is 0.122. The van der Waals surface area contributed by atoms with Crippen molar-refractivity contribution in [2.45, 2.75) is 6.42 Å². The number of rotatable bonds is 2. The van der Waals surface area contributed by atoms with Crippen LogP contribution in [-0.4, -0.2) is 30.9 Å². The van der Waals surface area contributed by atoms with Gasteiger partial charge in [-0.15, -0.1) is 0 Å². The van der Waals surface area contributed by atoms with Crippen molar-refractivity contribution in [2.24, 2.45) is 5.92 Å². The molecule has 1 aliphatic heterocycles. The number of hydrogen-bond donors (Lipinski definition) is 1. The van der Waals surface area contributed by atoms with Crippen molar-refractivity contribution in [3.05, 3.63) is 28.7 Å². The first-order valence-corrected chi connectivity index (χ1v) is 6.20. The zero-order valence-corrected chi connectivity index (χ0v) is 10.8. The molecule has 0 bridgehead atoms. The van der Waals surface area contributed by atoms with E-state index < -0.39 is 0 Å². The molecule has 3 nitrogen and oxygen atoms in total. The van der Waals surface area contributed by atoms with Crippen molar-refractivity contribution in [3.8, 4) is 0 Å². The van der Waals surface area contributed by atoms with Crippen molar-refractivity contribution >= 4 is 27.5 Å². The van der Waals surface area contributed by atoms with Crippen LogP contribution >= 0.6 is 15.9 Å². The SMILES string of the molecule is CN1CCC(C(=O)Nc2ccccc2Br)C1. The molecule has 1 unspecified atom stereocenters. The van der Waals surface area contributed by atoms with Gasteiger partial charge in [-0.3, -0.25) is 4.79 Å². The molecule has 1 N–H and O–H groups in total. The third kappa shape index (κ3) is 2.62. The molecule has 1 fully saturated rings. The number of carbonyl (C=O) groups excluding carboxylic acids is 1. The maximum Gasteiger partial charge on any atom is 0.228 e. The minimum atomic E-state index is 0.122. The van der Waals surface area contributed by atoms with Gasteiger partial charge >= 0.3 is 0 Å². The van der Waals surface area contributed by atoms with Gasteiger partial charge in [0.1, 0.15) is 0 Å². The summed E-state index contributed by atoms with van der Waals surface area (Å²) in [5, 5.41) is 2.96. The Morgan fingerprint density at radius 2 is 2.25 bits per heavy atom. The number of hydrogen-bond acceptors (Lipinski definition) is 2. The highest BCUT2D eigenvalue weighted by atomic mass is 79.9. The molecule has 0 radical (unpaired) electrons. The van der Waals surface area contributed by atoms with Crippen LogP contribution in [0.15, 0.2) is 28.7 Å². The van der Waals surface area contributed by atoms with Crippen LogP contribution in [0.5, 0.6) is 0 Å². The molecule has 0 aliphatic carbocycles. The normalized spacial score (nSPS) is 21.0. The van der Waals surface area contributed by atoms with Gasteiger partial charge in [0.25, 0.3) is 0 Å². The highest BCUT2D eigenvalue weighted by molar-refractivity contribution is 9.10. The first kappa shape index (κ1) is 11.6. The predicted molar refractivity (Wildman–Crippen MR) is 68.4 cm³/mol. The van der Waals surface area contributed by atoms with Crippen LogP contribution in [0.3, 0.4) is 0 Å². The van der Waals surface area contributed by atoms with Crippen molar-refractivity contribution in [1.29, 1.82) is 0 Å². The Bertz CT molecular complexity index is 394. The summed E-state index contributed by atoms with van der Waals surface area (Å²) in [7, 11) is 2.05. The average Bonchev–Trinajstić information content (AvgIpc) is 2.68. The molecule has 1 saturated heterocycles. The number of amides is 1. The molecule has 1 aliphatic rings. The molecule has 1 aromatic carbocycles. The van der Waals surface area contributed by atoms with Crippen LogP contribution < -0.4 is 5.32 Å². The molecule has 1 atom stereocenters. The van der Waals surface area contributed by atoms with E-state index in [1.807, 2.05) is 31.3 Å². The lowest BCUT2D eigenvalue weighted by Gasteiger charge is -2.12. The number of para-hydroxylation sites is 1. The van der Waals surface area contributed by atoms with Crippen LogP contribution in [0.4, 0.5) is 5.69 Å².